The Kier molecular flexibility index (Phi) is 2.89. The van der Waals surface area contributed by atoms with Crippen LogP contribution < -0.4 is 0 Å². The van der Waals surface area contributed by atoms with E-state index in [4.69, 9.17) is 0 Å². The number of allylic oxidation sites excluding steroid dienone is 2. The maximum Gasteiger partial charge on any atom is 0.163 e. The number of carbonyl (C=O) groups is 1. The molecule has 0 aromatic heterocycles. The van der Waals surface area contributed by atoms with Gasteiger partial charge in [0.05, 0.1) is 0 Å². The summed E-state index contributed by atoms with van der Waals surface area (Å²) in [7, 11) is 0. The monoisotopic (exact) mass is 280 g/mol. The van der Waals surface area contributed by atoms with Crippen LogP contribution in [0.15, 0.2) is 30.4 Å². The zero-order valence-corrected chi connectivity index (χ0v) is 13.1. The summed E-state index contributed by atoms with van der Waals surface area (Å²) in [5, 5.41) is 0. The highest BCUT2D eigenvalue weighted by molar-refractivity contribution is 5.99. The fourth-order valence-electron chi connectivity index (χ4n) is 4.95. The average molecular weight is 280 g/mol. The lowest BCUT2D eigenvalue weighted by molar-refractivity contribution is 0.0848. The van der Waals surface area contributed by atoms with Crippen LogP contribution in [0.3, 0.4) is 0 Å². The first-order chi connectivity index (χ1) is 10.1. The van der Waals surface area contributed by atoms with E-state index in [1.54, 1.807) is 0 Å². The van der Waals surface area contributed by atoms with Crippen LogP contribution in [0, 0.1) is 23.2 Å². The minimum absolute atomic E-state index is 0.253. The third-order valence-electron chi connectivity index (χ3n) is 5.80. The van der Waals surface area contributed by atoms with Crippen molar-refractivity contribution >= 4 is 5.78 Å². The zero-order valence-electron chi connectivity index (χ0n) is 13.1. The molecule has 1 saturated carbocycles. The van der Waals surface area contributed by atoms with Crippen molar-refractivity contribution in [2.45, 2.75) is 46.0 Å². The van der Waals surface area contributed by atoms with Gasteiger partial charge in [0, 0.05) is 12.0 Å². The van der Waals surface area contributed by atoms with Gasteiger partial charge in [-0.1, -0.05) is 38.1 Å². The third kappa shape index (κ3) is 2.09. The summed E-state index contributed by atoms with van der Waals surface area (Å²) in [6, 6.07) is 6.66. The maximum absolute atomic E-state index is 12.7. The Labute approximate surface area is 127 Å². The van der Waals surface area contributed by atoms with Crippen molar-refractivity contribution in [3.63, 3.8) is 0 Å². The molecule has 1 spiro atoms. The lowest BCUT2D eigenvalue weighted by Crippen LogP contribution is -2.36. The standard InChI is InChI=1S/C20H24O/c1-13(2)7-14-3-5-16-11-20(12-19(21)18(16)9-14)10-15-4-6-17(20)8-15/h3-6,9,13,15,17H,7-8,10-12H2,1-2H3. The van der Waals surface area contributed by atoms with Gasteiger partial charge >= 0.3 is 0 Å². The first-order valence-corrected chi connectivity index (χ1v) is 8.39. The smallest absolute Gasteiger partial charge is 0.163 e. The molecule has 0 aliphatic heterocycles. The molecular weight excluding hydrogens is 256 g/mol. The Morgan fingerprint density at radius 2 is 2.10 bits per heavy atom. The molecule has 3 atom stereocenters. The Morgan fingerprint density at radius 1 is 1.24 bits per heavy atom. The SMILES string of the molecule is CC(C)Cc1ccc2c(c1)C(=O)CC1(C2)CC2C=CC1C2. The van der Waals surface area contributed by atoms with E-state index in [1.165, 1.54) is 24.0 Å². The van der Waals surface area contributed by atoms with Crippen LogP contribution in [-0.4, -0.2) is 5.78 Å². The minimum Gasteiger partial charge on any atom is -0.294 e. The van der Waals surface area contributed by atoms with Gasteiger partial charge in [-0.2, -0.15) is 0 Å². The quantitative estimate of drug-likeness (QED) is 0.724. The average Bonchev–Trinajstić information content (AvgIpc) is 2.99. The molecule has 0 heterocycles. The topological polar surface area (TPSA) is 17.1 Å². The second kappa shape index (κ2) is 4.56. The molecule has 3 unspecified atom stereocenters. The number of benzene rings is 1. The number of rotatable bonds is 2. The third-order valence-corrected chi connectivity index (χ3v) is 5.80. The van der Waals surface area contributed by atoms with Crippen molar-refractivity contribution in [2.75, 3.05) is 0 Å². The molecule has 1 aromatic rings. The Balaban J connectivity index is 1.67. The van der Waals surface area contributed by atoms with Crippen LogP contribution in [0.1, 0.15) is 54.6 Å². The van der Waals surface area contributed by atoms with E-state index in [9.17, 15) is 4.79 Å². The molecule has 4 rings (SSSR count). The van der Waals surface area contributed by atoms with E-state index in [-0.39, 0.29) is 5.41 Å². The fraction of sp³-hybridized carbons (Fsp3) is 0.550. The number of hydrogen-bond donors (Lipinski definition) is 0. The number of hydrogen-bond acceptors (Lipinski definition) is 1. The van der Waals surface area contributed by atoms with Crippen LogP contribution in [0.25, 0.3) is 0 Å². The highest BCUT2D eigenvalue weighted by Crippen LogP contribution is 2.57. The molecule has 21 heavy (non-hydrogen) atoms. The normalized spacial score (nSPS) is 33.2. The van der Waals surface area contributed by atoms with Gasteiger partial charge in [0.25, 0.3) is 0 Å². The number of Topliss-reactive ketones (excluding diaryl/α,β-unsaturated/α-hetero) is 1. The van der Waals surface area contributed by atoms with E-state index in [1.807, 2.05) is 0 Å². The number of ketones is 1. The Morgan fingerprint density at radius 3 is 2.76 bits per heavy atom. The van der Waals surface area contributed by atoms with Crippen molar-refractivity contribution in [1.29, 1.82) is 0 Å². The van der Waals surface area contributed by atoms with Crippen LogP contribution in [0.2, 0.25) is 0 Å². The molecular formula is C20H24O. The van der Waals surface area contributed by atoms with Gasteiger partial charge in [0.1, 0.15) is 0 Å². The summed E-state index contributed by atoms with van der Waals surface area (Å²) in [6.45, 7) is 4.47. The highest BCUT2D eigenvalue weighted by atomic mass is 16.1. The van der Waals surface area contributed by atoms with Gasteiger partial charge in [-0.25, -0.2) is 0 Å². The van der Waals surface area contributed by atoms with Crippen molar-refractivity contribution in [2.24, 2.45) is 23.2 Å². The molecule has 0 N–H and O–H groups in total. The summed E-state index contributed by atoms with van der Waals surface area (Å²) in [5.74, 6) is 2.42. The second-order valence-corrected chi connectivity index (χ2v) is 7.92. The predicted octanol–water partition coefficient (Wildman–Crippen LogP) is 4.60. The van der Waals surface area contributed by atoms with Crippen LogP contribution in [0.5, 0.6) is 0 Å². The minimum atomic E-state index is 0.253. The van der Waals surface area contributed by atoms with Gasteiger partial charge in [-0.15, -0.1) is 0 Å². The van der Waals surface area contributed by atoms with Crippen molar-refractivity contribution < 1.29 is 4.79 Å². The molecule has 1 nitrogen and oxygen atoms in total. The highest BCUT2D eigenvalue weighted by Gasteiger charge is 2.51. The molecule has 0 saturated heterocycles. The van der Waals surface area contributed by atoms with E-state index in [0.717, 1.165) is 30.7 Å². The lowest BCUT2D eigenvalue weighted by Gasteiger charge is -2.39. The van der Waals surface area contributed by atoms with Crippen molar-refractivity contribution in [3.8, 4) is 0 Å². The summed E-state index contributed by atoms with van der Waals surface area (Å²) in [5.41, 5.74) is 3.90. The summed E-state index contributed by atoms with van der Waals surface area (Å²) >= 11 is 0. The molecule has 1 fully saturated rings. The lowest BCUT2D eigenvalue weighted by atomic mass is 9.64. The summed E-state index contributed by atoms with van der Waals surface area (Å²) in [4.78, 5) is 12.7. The molecule has 1 aromatic carbocycles. The van der Waals surface area contributed by atoms with Crippen molar-refractivity contribution in [3.05, 3.63) is 47.0 Å². The fourth-order valence-corrected chi connectivity index (χ4v) is 4.95. The summed E-state index contributed by atoms with van der Waals surface area (Å²) in [6.07, 6.45) is 10.2. The first kappa shape index (κ1) is 13.3. The zero-order chi connectivity index (χ0) is 14.6. The van der Waals surface area contributed by atoms with E-state index >= 15 is 0 Å². The van der Waals surface area contributed by atoms with Crippen molar-refractivity contribution in [1.82, 2.24) is 0 Å². The van der Waals surface area contributed by atoms with Crippen LogP contribution in [-0.2, 0) is 12.8 Å². The van der Waals surface area contributed by atoms with E-state index in [2.05, 4.69) is 44.2 Å². The first-order valence-electron chi connectivity index (χ1n) is 8.39. The maximum atomic E-state index is 12.7. The van der Waals surface area contributed by atoms with Gasteiger partial charge in [-0.3, -0.25) is 4.79 Å². The number of carbonyl (C=O) groups excluding carboxylic acids is 1. The molecule has 2 bridgehead atoms. The predicted molar refractivity (Wildman–Crippen MR) is 85.4 cm³/mol. The van der Waals surface area contributed by atoms with Crippen LogP contribution in [0.4, 0.5) is 0 Å². The molecule has 1 heteroatoms. The Bertz CT molecular complexity index is 625. The van der Waals surface area contributed by atoms with Gasteiger partial charge < -0.3 is 0 Å². The second-order valence-electron chi connectivity index (χ2n) is 7.92. The van der Waals surface area contributed by atoms with Gasteiger partial charge in [-0.05, 0) is 66.0 Å². The Hall–Kier alpha value is -1.37. The molecule has 110 valence electrons. The van der Waals surface area contributed by atoms with E-state index in [0.29, 0.717) is 17.6 Å². The van der Waals surface area contributed by atoms with Gasteiger partial charge in [0.15, 0.2) is 5.78 Å². The molecule has 3 aliphatic rings. The van der Waals surface area contributed by atoms with Crippen LogP contribution >= 0.6 is 0 Å². The largest absolute Gasteiger partial charge is 0.294 e. The molecule has 3 aliphatic carbocycles. The van der Waals surface area contributed by atoms with Gasteiger partial charge in [0.2, 0.25) is 0 Å². The van der Waals surface area contributed by atoms with E-state index < -0.39 is 0 Å². The number of fused-ring (bicyclic) bond motifs is 4. The molecule has 0 radical (unpaired) electrons. The molecule has 0 amide bonds. The summed E-state index contributed by atoms with van der Waals surface area (Å²) < 4.78 is 0.